The number of nitriles is 1. The number of aromatic nitrogens is 2. The van der Waals surface area contributed by atoms with E-state index in [0.717, 1.165) is 31.6 Å². The summed E-state index contributed by atoms with van der Waals surface area (Å²) in [5.41, 5.74) is 1.96. The fourth-order valence-electron chi connectivity index (χ4n) is 4.49. The van der Waals surface area contributed by atoms with E-state index in [9.17, 15) is 14.0 Å². The normalized spacial score (nSPS) is 13.9. The summed E-state index contributed by atoms with van der Waals surface area (Å²) in [6.07, 6.45) is 0.915. The third kappa shape index (κ3) is 7.83. The third-order valence-corrected chi connectivity index (χ3v) is 6.37. The van der Waals surface area contributed by atoms with Crippen LogP contribution in [0.3, 0.4) is 0 Å². The smallest absolute Gasteiger partial charge is 0.413 e. The molecule has 1 amide bonds. The molecule has 1 aliphatic rings. The van der Waals surface area contributed by atoms with E-state index in [1.807, 2.05) is 30.3 Å². The zero-order valence-electron chi connectivity index (χ0n) is 23.6. The lowest BCUT2D eigenvalue weighted by Gasteiger charge is -2.33. The number of hydrogen-bond acceptors (Lipinski definition) is 8. The zero-order chi connectivity index (χ0) is 29.6. The van der Waals surface area contributed by atoms with Gasteiger partial charge in [-0.3, -0.25) is 5.32 Å². The molecule has 0 aliphatic carbocycles. The highest BCUT2D eigenvalue weighted by atomic mass is 19.1. The molecule has 11 heteroatoms. The van der Waals surface area contributed by atoms with Crippen LogP contribution in [-0.2, 0) is 19.0 Å². The van der Waals surface area contributed by atoms with Gasteiger partial charge in [0.05, 0.1) is 29.7 Å². The summed E-state index contributed by atoms with van der Waals surface area (Å²) in [4.78, 5) is 26.2. The number of benzene rings is 2. The van der Waals surface area contributed by atoms with Crippen molar-refractivity contribution >= 4 is 23.6 Å². The molecule has 10 nitrogen and oxygen atoms in total. The Kier molecular flexibility index (Phi) is 9.24. The second-order valence-corrected chi connectivity index (χ2v) is 10.6. The maximum Gasteiger partial charge on any atom is 0.413 e. The molecule has 2 heterocycles. The second-order valence-electron chi connectivity index (χ2n) is 10.6. The summed E-state index contributed by atoms with van der Waals surface area (Å²) in [5, 5.41) is 16.3. The number of piperidine rings is 1. The number of esters is 1. The number of halogens is 1. The Balaban J connectivity index is 1.52. The van der Waals surface area contributed by atoms with Crippen LogP contribution in [0.1, 0.15) is 46.1 Å². The molecule has 0 radical (unpaired) electrons. The first-order chi connectivity index (χ1) is 19.6. The molecule has 0 atom stereocenters. The number of carbonyl (C=O) groups excluding carboxylic acids is 2. The summed E-state index contributed by atoms with van der Waals surface area (Å²) in [7, 11) is 0. The summed E-state index contributed by atoms with van der Waals surface area (Å²) >= 11 is 0. The van der Waals surface area contributed by atoms with Crippen molar-refractivity contribution in [2.24, 2.45) is 0 Å². The number of amides is 1. The van der Waals surface area contributed by atoms with Gasteiger partial charge in [-0.1, -0.05) is 6.07 Å². The topological polar surface area (TPSA) is 119 Å². The lowest BCUT2D eigenvalue weighted by atomic mass is 10.1. The Labute approximate surface area is 238 Å². The van der Waals surface area contributed by atoms with Crippen LogP contribution >= 0.6 is 0 Å². The Hall–Kier alpha value is -4.43. The molecule has 1 aliphatic heterocycles. The minimum absolute atomic E-state index is 0.00488. The summed E-state index contributed by atoms with van der Waals surface area (Å²) in [6, 6.07) is 15.5. The van der Waals surface area contributed by atoms with Crippen LogP contribution in [0.4, 0.5) is 20.7 Å². The van der Waals surface area contributed by atoms with Crippen molar-refractivity contribution in [1.29, 1.82) is 5.26 Å². The average molecular weight is 564 g/mol. The minimum Gasteiger partial charge on any atom is -0.464 e. The molecule has 2 aromatic carbocycles. The van der Waals surface area contributed by atoms with E-state index in [0.29, 0.717) is 23.6 Å². The van der Waals surface area contributed by atoms with E-state index in [4.69, 9.17) is 19.5 Å². The molecular formula is C30H34FN5O5. The fourth-order valence-corrected chi connectivity index (χ4v) is 4.49. The quantitative estimate of drug-likeness (QED) is 0.360. The SMILES string of the molecule is CCOC(=O)COC1CCN(c2ccc(-n3nc(NC(=O)OC(C)(C)C)cc3-c3ccc(C#N)c(F)c3)cc2)CC1. The van der Waals surface area contributed by atoms with Crippen molar-refractivity contribution in [3.63, 3.8) is 0 Å². The van der Waals surface area contributed by atoms with Crippen LogP contribution < -0.4 is 10.2 Å². The van der Waals surface area contributed by atoms with E-state index in [1.165, 1.54) is 12.1 Å². The van der Waals surface area contributed by atoms with Gasteiger partial charge in [-0.15, -0.1) is 5.10 Å². The van der Waals surface area contributed by atoms with E-state index in [-0.39, 0.29) is 30.1 Å². The van der Waals surface area contributed by atoms with Crippen LogP contribution in [0.5, 0.6) is 0 Å². The standard InChI is InChI=1S/C30H34FN5O5/c1-5-39-28(37)19-40-24-12-14-35(15-13-24)22-8-10-23(11-9-22)36-26(20-6-7-21(18-32)25(31)16-20)17-27(34-36)33-29(38)41-30(2,3)4/h6-11,16-17,24H,5,12-15,19H2,1-4H3,(H,33,34,38). The zero-order valence-corrected chi connectivity index (χ0v) is 23.6. The Morgan fingerprint density at radius 2 is 1.78 bits per heavy atom. The van der Waals surface area contributed by atoms with Gasteiger partial charge in [0.1, 0.15) is 24.1 Å². The highest BCUT2D eigenvalue weighted by molar-refractivity contribution is 5.85. The van der Waals surface area contributed by atoms with Gasteiger partial charge >= 0.3 is 12.1 Å². The third-order valence-electron chi connectivity index (χ3n) is 6.37. The van der Waals surface area contributed by atoms with E-state index in [2.05, 4.69) is 15.3 Å². The number of carbonyl (C=O) groups is 2. The number of ether oxygens (including phenoxy) is 3. The molecule has 1 saturated heterocycles. The van der Waals surface area contributed by atoms with Crippen LogP contribution in [0.2, 0.25) is 0 Å². The van der Waals surface area contributed by atoms with Crippen molar-refractivity contribution < 1.29 is 28.2 Å². The van der Waals surface area contributed by atoms with Crippen molar-refractivity contribution in [2.45, 2.75) is 52.2 Å². The average Bonchev–Trinajstić information content (AvgIpc) is 3.35. The van der Waals surface area contributed by atoms with E-state index in [1.54, 1.807) is 44.5 Å². The largest absolute Gasteiger partial charge is 0.464 e. The Bertz CT molecular complexity index is 1420. The van der Waals surface area contributed by atoms with Gasteiger partial charge in [0.15, 0.2) is 5.82 Å². The fraction of sp³-hybridized carbons (Fsp3) is 0.400. The van der Waals surface area contributed by atoms with Crippen molar-refractivity contribution in [2.75, 3.05) is 36.5 Å². The molecular weight excluding hydrogens is 529 g/mol. The van der Waals surface area contributed by atoms with Crippen molar-refractivity contribution in [3.8, 4) is 23.0 Å². The monoisotopic (exact) mass is 563 g/mol. The Morgan fingerprint density at radius 1 is 1.10 bits per heavy atom. The van der Waals surface area contributed by atoms with Gasteiger partial charge < -0.3 is 19.1 Å². The molecule has 0 bridgehead atoms. The van der Waals surface area contributed by atoms with Gasteiger partial charge in [0.2, 0.25) is 0 Å². The second kappa shape index (κ2) is 12.8. The summed E-state index contributed by atoms with van der Waals surface area (Å²) < 4.78 is 32.1. The van der Waals surface area contributed by atoms with Gasteiger partial charge in [0, 0.05) is 30.4 Å². The molecule has 41 heavy (non-hydrogen) atoms. The highest BCUT2D eigenvalue weighted by Crippen LogP contribution is 2.29. The maximum atomic E-state index is 14.5. The molecule has 0 unspecified atom stereocenters. The van der Waals surface area contributed by atoms with Crippen LogP contribution in [0, 0.1) is 17.1 Å². The molecule has 216 valence electrons. The van der Waals surface area contributed by atoms with Gasteiger partial charge in [-0.25, -0.2) is 18.7 Å². The van der Waals surface area contributed by atoms with Gasteiger partial charge in [0.25, 0.3) is 0 Å². The maximum absolute atomic E-state index is 14.5. The van der Waals surface area contributed by atoms with Crippen molar-refractivity contribution in [3.05, 3.63) is 59.9 Å². The molecule has 1 aromatic heterocycles. The molecule has 1 N–H and O–H groups in total. The van der Waals surface area contributed by atoms with E-state index >= 15 is 0 Å². The lowest BCUT2D eigenvalue weighted by Crippen LogP contribution is -2.37. The number of anilines is 2. The number of nitrogens with zero attached hydrogens (tertiary/aromatic N) is 4. The van der Waals surface area contributed by atoms with Gasteiger partial charge in [-0.05, 0) is 76.9 Å². The predicted molar refractivity (Wildman–Crippen MR) is 151 cm³/mol. The molecule has 1 fully saturated rings. The van der Waals surface area contributed by atoms with Crippen LogP contribution in [0.15, 0.2) is 48.5 Å². The number of hydrogen-bond donors (Lipinski definition) is 1. The van der Waals surface area contributed by atoms with E-state index < -0.39 is 17.5 Å². The molecule has 4 rings (SSSR count). The van der Waals surface area contributed by atoms with Crippen molar-refractivity contribution in [1.82, 2.24) is 9.78 Å². The Morgan fingerprint density at radius 3 is 2.39 bits per heavy atom. The highest BCUT2D eigenvalue weighted by Gasteiger charge is 2.22. The molecule has 0 saturated carbocycles. The minimum atomic E-state index is -0.691. The lowest BCUT2D eigenvalue weighted by molar-refractivity contribution is -0.150. The van der Waals surface area contributed by atoms with Gasteiger partial charge in [-0.2, -0.15) is 5.26 Å². The number of nitrogens with one attached hydrogen (secondary N) is 1. The van der Waals surface area contributed by atoms with Crippen LogP contribution in [0.25, 0.3) is 16.9 Å². The predicted octanol–water partition coefficient (Wildman–Crippen LogP) is 5.45. The number of rotatable bonds is 8. The molecule has 3 aromatic rings. The first-order valence-corrected chi connectivity index (χ1v) is 13.5. The first kappa shape index (κ1) is 29.6. The molecule has 0 spiro atoms. The van der Waals surface area contributed by atoms with Crippen LogP contribution in [-0.4, -0.2) is 59.9 Å². The first-order valence-electron chi connectivity index (χ1n) is 13.5. The summed E-state index contributed by atoms with van der Waals surface area (Å²) in [6.45, 7) is 8.89. The summed E-state index contributed by atoms with van der Waals surface area (Å²) in [5.74, 6) is -0.769.